The lowest BCUT2D eigenvalue weighted by atomic mass is 10.3. The summed E-state index contributed by atoms with van der Waals surface area (Å²) in [7, 11) is 0. The molecule has 5 heteroatoms. The Labute approximate surface area is 96.6 Å². The van der Waals surface area contributed by atoms with Gasteiger partial charge in [-0.15, -0.1) is 0 Å². The summed E-state index contributed by atoms with van der Waals surface area (Å²) in [5.74, 6) is -0.565. The van der Waals surface area contributed by atoms with E-state index in [1.165, 1.54) is 24.5 Å². The van der Waals surface area contributed by atoms with Gasteiger partial charge in [-0.1, -0.05) is 11.6 Å². The Morgan fingerprint density at radius 3 is 2.50 bits per heavy atom. The third-order valence-electron chi connectivity index (χ3n) is 2.00. The highest BCUT2D eigenvalue weighted by Crippen LogP contribution is 2.18. The molecule has 1 aromatic heterocycles. The molecule has 16 heavy (non-hydrogen) atoms. The zero-order valence-corrected chi connectivity index (χ0v) is 8.89. The zero-order chi connectivity index (χ0) is 11.5. The number of furan rings is 1. The molecular formula is C11H8ClNO3. The third-order valence-corrected chi connectivity index (χ3v) is 2.25. The molecule has 1 N–H and O–H groups in total. The zero-order valence-electron chi connectivity index (χ0n) is 8.13. The van der Waals surface area contributed by atoms with Crippen molar-refractivity contribution < 1.29 is 14.4 Å². The molecule has 4 nitrogen and oxygen atoms in total. The lowest BCUT2D eigenvalue weighted by molar-refractivity contribution is 0.0826. The van der Waals surface area contributed by atoms with Crippen LogP contribution in [-0.2, 0) is 0 Å². The Kier molecular flexibility index (Phi) is 2.94. The Morgan fingerprint density at radius 1 is 1.25 bits per heavy atom. The Hall–Kier alpha value is -1.78. The van der Waals surface area contributed by atoms with Crippen molar-refractivity contribution in [1.29, 1.82) is 0 Å². The van der Waals surface area contributed by atoms with E-state index in [0.29, 0.717) is 15.8 Å². The summed E-state index contributed by atoms with van der Waals surface area (Å²) in [4.78, 5) is 11.6. The third kappa shape index (κ3) is 2.08. The molecule has 2 aromatic rings. The molecule has 2 rings (SSSR count). The van der Waals surface area contributed by atoms with Gasteiger partial charge in [0.1, 0.15) is 0 Å². The van der Waals surface area contributed by atoms with Crippen molar-refractivity contribution >= 4 is 23.2 Å². The van der Waals surface area contributed by atoms with E-state index in [-0.39, 0.29) is 5.76 Å². The summed E-state index contributed by atoms with van der Waals surface area (Å²) in [6, 6.07) is 9.27. The maximum absolute atomic E-state index is 11.6. The molecule has 0 saturated carbocycles. The highest BCUT2D eigenvalue weighted by atomic mass is 35.5. The van der Waals surface area contributed by atoms with Crippen molar-refractivity contribution in [3.05, 3.63) is 53.4 Å². The van der Waals surface area contributed by atoms with E-state index in [1.807, 2.05) is 0 Å². The number of rotatable bonds is 2. The summed E-state index contributed by atoms with van der Waals surface area (Å²) < 4.78 is 4.88. The van der Waals surface area contributed by atoms with Crippen LogP contribution in [0.15, 0.2) is 47.1 Å². The molecule has 1 heterocycles. The molecule has 0 bridgehead atoms. The van der Waals surface area contributed by atoms with Gasteiger partial charge in [0.15, 0.2) is 5.76 Å². The van der Waals surface area contributed by atoms with Crippen LogP contribution >= 0.6 is 11.6 Å². The fraction of sp³-hybridized carbons (Fsp3) is 0. The maximum atomic E-state index is 11.6. The van der Waals surface area contributed by atoms with E-state index in [0.717, 1.165) is 0 Å². The SMILES string of the molecule is O=C(c1ccco1)N(O)c1ccc(Cl)cc1. The average Bonchev–Trinajstić information content (AvgIpc) is 2.81. The predicted octanol–water partition coefficient (Wildman–Crippen LogP) is 2.97. The molecule has 0 aliphatic rings. The number of anilines is 1. The second kappa shape index (κ2) is 4.38. The number of hydrogen-bond acceptors (Lipinski definition) is 3. The molecule has 0 fully saturated rings. The number of amides is 1. The van der Waals surface area contributed by atoms with Gasteiger partial charge in [0, 0.05) is 5.02 Å². The van der Waals surface area contributed by atoms with Gasteiger partial charge >= 0.3 is 5.91 Å². The van der Waals surface area contributed by atoms with Crippen molar-refractivity contribution in [2.75, 3.05) is 5.06 Å². The van der Waals surface area contributed by atoms with Crippen molar-refractivity contribution in [2.45, 2.75) is 0 Å². The summed E-state index contributed by atoms with van der Waals surface area (Å²) in [5.41, 5.74) is 0.325. The first-order chi connectivity index (χ1) is 7.68. The van der Waals surface area contributed by atoms with Crippen LogP contribution in [0.4, 0.5) is 5.69 Å². The number of carbonyl (C=O) groups excluding carboxylic acids is 1. The van der Waals surface area contributed by atoms with Gasteiger partial charge in [0.05, 0.1) is 12.0 Å². The Bertz CT molecular complexity index is 478. The highest BCUT2D eigenvalue weighted by molar-refractivity contribution is 6.30. The average molecular weight is 238 g/mol. The molecule has 0 unspecified atom stereocenters. The Morgan fingerprint density at radius 2 is 1.94 bits per heavy atom. The summed E-state index contributed by atoms with van der Waals surface area (Å²) in [5, 5.41) is 10.7. The highest BCUT2D eigenvalue weighted by Gasteiger charge is 2.17. The summed E-state index contributed by atoms with van der Waals surface area (Å²) in [6.07, 6.45) is 1.36. The van der Waals surface area contributed by atoms with Gasteiger partial charge in [0.2, 0.25) is 0 Å². The molecule has 0 aliphatic heterocycles. The molecule has 0 spiro atoms. The smallest absolute Gasteiger partial charge is 0.317 e. The van der Waals surface area contributed by atoms with E-state index in [2.05, 4.69) is 0 Å². The molecule has 0 radical (unpaired) electrons. The van der Waals surface area contributed by atoms with Crippen LogP contribution in [0.2, 0.25) is 5.02 Å². The Balaban J connectivity index is 2.22. The molecular weight excluding hydrogens is 230 g/mol. The molecule has 0 saturated heterocycles. The standard InChI is InChI=1S/C11H8ClNO3/c12-8-3-5-9(6-4-8)13(15)11(14)10-2-1-7-16-10/h1-7,15H. The lowest BCUT2D eigenvalue weighted by Crippen LogP contribution is -2.26. The van der Waals surface area contributed by atoms with Gasteiger partial charge in [-0.3, -0.25) is 10.0 Å². The van der Waals surface area contributed by atoms with Crippen LogP contribution in [0.3, 0.4) is 0 Å². The minimum Gasteiger partial charge on any atom is -0.459 e. The largest absolute Gasteiger partial charge is 0.459 e. The number of hydroxylamine groups is 1. The molecule has 0 aliphatic carbocycles. The number of benzene rings is 1. The van der Waals surface area contributed by atoms with Crippen molar-refractivity contribution in [3.63, 3.8) is 0 Å². The fourth-order valence-electron chi connectivity index (χ4n) is 1.20. The van der Waals surface area contributed by atoms with Gasteiger partial charge < -0.3 is 4.42 Å². The van der Waals surface area contributed by atoms with Crippen LogP contribution in [0.25, 0.3) is 0 Å². The molecule has 1 amide bonds. The van der Waals surface area contributed by atoms with Crippen LogP contribution in [0.1, 0.15) is 10.6 Å². The minimum absolute atomic E-state index is 0.0671. The van der Waals surface area contributed by atoms with Crippen molar-refractivity contribution in [3.8, 4) is 0 Å². The quantitative estimate of drug-likeness (QED) is 0.645. The normalized spacial score (nSPS) is 10.1. The molecule has 82 valence electrons. The first-order valence-electron chi connectivity index (χ1n) is 4.51. The fourth-order valence-corrected chi connectivity index (χ4v) is 1.33. The second-order valence-corrected chi connectivity index (χ2v) is 3.51. The van der Waals surface area contributed by atoms with E-state index >= 15 is 0 Å². The first kappa shape index (κ1) is 10.7. The van der Waals surface area contributed by atoms with E-state index in [9.17, 15) is 10.0 Å². The van der Waals surface area contributed by atoms with Gasteiger partial charge in [-0.05, 0) is 36.4 Å². The number of nitrogens with zero attached hydrogens (tertiary/aromatic N) is 1. The topological polar surface area (TPSA) is 53.7 Å². The minimum atomic E-state index is -0.632. The summed E-state index contributed by atoms with van der Waals surface area (Å²) in [6.45, 7) is 0. The maximum Gasteiger partial charge on any atom is 0.317 e. The second-order valence-electron chi connectivity index (χ2n) is 3.07. The van der Waals surface area contributed by atoms with Gasteiger partial charge in [0.25, 0.3) is 0 Å². The van der Waals surface area contributed by atoms with E-state index in [4.69, 9.17) is 16.0 Å². The number of carbonyl (C=O) groups is 1. The van der Waals surface area contributed by atoms with Crippen LogP contribution in [0.5, 0.6) is 0 Å². The van der Waals surface area contributed by atoms with Crippen LogP contribution in [0, 0.1) is 0 Å². The van der Waals surface area contributed by atoms with Crippen LogP contribution < -0.4 is 5.06 Å². The van der Waals surface area contributed by atoms with Crippen molar-refractivity contribution in [1.82, 2.24) is 0 Å². The van der Waals surface area contributed by atoms with Gasteiger partial charge in [-0.25, -0.2) is 0 Å². The van der Waals surface area contributed by atoms with E-state index in [1.54, 1.807) is 18.2 Å². The molecule has 0 atom stereocenters. The first-order valence-corrected chi connectivity index (χ1v) is 4.88. The predicted molar refractivity (Wildman–Crippen MR) is 58.8 cm³/mol. The number of hydrogen-bond donors (Lipinski definition) is 1. The summed E-state index contributed by atoms with van der Waals surface area (Å²) >= 11 is 5.69. The van der Waals surface area contributed by atoms with Gasteiger partial charge in [-0.2, -0.15) is 5.06 Å². The molecule has 1 aromatic carbocycles. The van der Waals surface area contributed by atoms with Crippen LogP contribution in [-0.4, -0.2) is 11.1 Å². The number of halogens is 1. The lowest BCUT2D eigenvalue weighted by Gasteiger charge is -2.13. The monoisotopic (exact) mass is 237 g/mol. The van der Waals surface area contributed by atoms with Crippen molar-refractivity contribution in [2.24, 2.45) is 0 Å². The van der Waals surface area contributed by atoms with E-state index < -0.39 is 5.91 Å².